The minimum Gasteiger partial charge on any atom is -0.497 e. The Balaban J connectivity index is 0.00000363. The lowest BCUT2D eigenvalue weighted by Crippen LogP contribution is -2.41. The SMILES string of the molecule is CN=C(NCc1cccc(OC)c1)NCc1ccccc1CS(=O)(=O)N1CCOCC1.I. The first-order valence-electron chi connectivity index (χ1n) is 10.2. The van der Waals surface area contributed by atoms with Crippen molar-refractivity contribution in [3.05, 3.63) is 65.2 Å². The highest BCUT2D eigenvalue weighted by molar-refractivity contribution is 14.0. The topological polar surface area (TPSA) is 92.3 Å². The van der Waals surface area contributed by atoms with Crippen LogP contribution in [0.4, 0.5) is 0 Å². The number of ether oxygens (including phenoxy) is 2. The number of hydrogen-bond acceptors (Lipinski definition) is 5. The molecule has 10 heteroatoms. The summed E-state index contributed by atoms with van der Waals surface area (Å²) in [6.45, 7) is 2.75. The Hall–Kier alpha value is -1.89. The van der Waals surface area contributed by atoms with Crippen LogP contribution >= 0.6 is 24.0 Å². The van der Waals surface area contributed by atoms with Crippen molar-refractivity contribution < 1.29 is 17.9 Å². The quantitative estimate of drug-likeness (QED) is 0.286. The number of nitrogens with zero attached hydrogens (tertiary/aromatic N) is 2. The summed E-state index contributed by atoms with van der Waals surface area (Å²) in [6.07, 6.45) is 0. The molecule has 3 rings (SSSR count). The van der Waals surface area contributed by atoms with E-state index in [1.54, 1.807) is 14.2 Å². The van der Waals surface area contributed by atoms with Gasteiger partial charge in [-0.25, -0.2) is 8.42 Å². The van der Waals surface area contributed by atoms with Crippen LogP contribution in [0.1, 0.15) is 16.7 Å². The van der Waals surface area contributed by atoms with Gasteiger partial charge in [0.05, 0.1) is 26.1 Å². The zero-order chi connectivity index (χ0) is 22.1. The van der Waals surface area contributed by atoms with Gasteiger partial charge in [0.2, 0.25) is 10.0 Å². The second-order valence-electron chi connectivity index (χ2n) is 7.17. The van der Waals surface area contributed by atoms with Crippen molar-refractivity contribution in [2.75, 3.05) is 40.5 Å². The molecule has 0 saturated carbocycles. The maximum Gasteiger partial charge on any atom is 0.218 e. The maximum absolute atomic E-state index is 12.8. The standard InChI is InChI=1S/C22H30N4O4S.HI/c1-23-22(24-15-18-6-5-9-21(14-18)29-2)25-16-19-7-3-4-8-20(19)17-31(27,28)26-10-12-30-13-11-26;/h3-9,14H,10-13,15-17H2,1-2H3,(H2,23,24,25);1H. The van der Waals surface area contributed by atoms with Gasteiger partial charge >= 0.3 is 0 Å². The molecule has 0 aromatic heterocycles. The highest BCUT2D eigenvalue weighted by atomic mass is 127. The van der Waals surface area contributed by atoms with Crippen molar-refractivity contribution in [1.82, 2.24) is 14.9 Å². The number of nitrogens with one attached hydrogen (secondary N) is 2. The van der Waals surface area contributed by atoms with Crippen LogP contribution in [-0.4, -0.2) is 59.1 Å². The van der Waals surface area contributed by atoms with Crippen LogP contribution in [0.15, 0.2) is 53.5 Å². The first-order chi connectivity index (χ1) is 15.0. The third kappa shape index (κ3) is 7.61. The Kier molecular flexibility index (Phi) is 10.7. The molecule has 0 unspecified atom stereocenters. The molecular weight excluding hydrogens is 543 g/mol. The monoisotopic (exact) mass is 574 g/mol. The van der Waals surface area contributed by atoms with Gasteiger partial charge in [-0.3, -0.25) is 4.99 Å². The summed E-state index contributed by atoms with van der Waals surface area (Å²) in [5.74, 6) is 1.41. The Bertz CT molecular complexity index is 995. The average molecular weight is 574 g/mol. The van der Waals surface area contributed by atoms with Crippen molar-refractivity contribution in [1.29, 1.82) is 0 Å². The highest BCUT2D eigenvalue weighted by Gasteiger charge is 2.25. The molecule has 2 aromatic rings. The van der Waals surface area contributed by atoms with Crippen molar-refractivity contribution in [2.24, 2.45) is 4.99 Å². The zero-order valence-corrected chi connectivity index (χ0v) is 21.6. The van der Waals surface area contributed by atoms with Crippen LogP contribution in [0.2, 0.25) is 0 Å². The molecule has 1 saturated heterocycles. The number of benzene rings is 2. The van der Waals surface area contributed by atoms with Gasteiger partial charge in [0, 0.05) is 33.2 Å². The first kappa shape index (κ1) is 26.4. The molecule has 176 valence electrons. The lowest BCUT2D eigenvalue weighted by molar-refractivity contribution is 0.0729. The number of methoxy groups -OCH3 is 1. The molecule has 0 spiro atoms. The average Bonchev–Trinajstić information content (AvgIpc) is 2.80. The highest BCUT2D eigenvalue weighted by Crippen LogP contribution is 2.17. The molecule has 1 aliphatic heterocycles. The lowest BCUT2D eigenvalue weighted by atomic mass is 10.1. The van der Waals surface area contributed by atoms with E-state index < -0.39 is 10.0 Å². The molecule has 0 aliphatic carbocycles. The van der Waals surface area contributed by atoms with Gasteiger partial charge in [0.15, 0.2) is 5.96 Å². The Morgan fingerprint density at radius 3 is 2.44 bits per heavy atom. The van der Waals surface area contributed by atoms with Crippen LogP contribution in [0.3, 0.4) is 0 Å². The summed E-state index contributed by atoms with van der Waals surface area (Å²) in [7, 11) is -0.0414. The van der Waals surface area contributed by atoms with Gasteiger partial charge in [-0.15, -0.1) is 24.0 Å². The Labute approximate surface area is 207 Å². The third-order valence-corrected chi connectivity index (χ3v) is 6.91. The van der Waals surface area contributed by atoms with E-state index in [4.69, 9.17) is 9.47 Å². The number of halogens is 1. The van der Waals surface area contributed by atoms with E-state index in [1.165, 1.54) is 4.31 Å². The summed E-state index contributed by atoms with van der Waals surface area (Å²) in [5, 5.41) is 6.54. The minimum absolute atomic E-state index is 0. The fraction of sp³-hybridized carbons (Fsp3) is 0.409. The number of morpholine rings is 1. The molecule has 0 amide bonds. The van der Waals surface area contributed by atoms with Crippen LogP contribution in [0.5, 0.6) is 5.75 Å². The number of guanidine groups is 1. The molecule has 0 bridgehead atoms. The molecule has 1 heterocycles. The molecule has 1 fully saturated rings. The molecular formula is C22H31IN4O4S. The summed E-state index contributed by atoms with van der Waals surface area (Å²) in [4.78, 5) is 4.26. The molecule has 32 heavy (non-hydrogen) atoms. The van der Waals surface area contributed by atoms with Crippen molar-refractivity contribution in [3.8, 4) is 5.75 Å². The van der Waals surface area contributed by atoms with Gasteiger partial charge in [-0.05, 0) is 28.8 Å². The fourth-order valence-corrected chi connectivity index (χ4v) is 4.91. The molecule has 2 aromatic carbocycles. The third-order valence-electron chi connectivity index (χ3n) is 5.08. The Morgan fingerprint density at radius 1 is 1.06 bits per heavy atom. The first-order valence-corrected chi connectivity index (χ1v) is 11.8. The van der Waals surface area contributed by atoms with Gasteiger partial charge in [0.1, 0.15) is 5.75 Å². The van der Waals surface area contributed by atoms with Crippen LogP contribution in [0, 0.1) is 0 Å². The zero-order valence-electron chi connectivity index (χ0n) is 18.4. The minimum atomic E-state index is -3.39. The predicted molar refractivity (Wildman–Crippen MR) is 137 cm³/mol. The van der Waals surface area contributed by atoms with Crippen molar-refractivity contribution in [2.45, 2.75) is 18.8 Å². The summed E-state index contributed by atoms with van der Waals surface area (Å²) in [6, 6.07) is 15.4. The van der Waals surface area contributed by atoms with Gasteiger partial charge in [-0.2, -0.15) is 4.31 Å². The molecule has 0 atom stereocenters. The van der Waals surface area contributed by atoms with E-state index in [1.807, 2.05) is 48.5 Å². The molecule has 2 N–H and O–H groups in total. The normalized spacial score (nSPS) is 15.0. The second kappa shape index (κ2) is 13.0. The van der Waals surface area contributed by atoms with Crippen molar-refractivity contribution in [3.63, 3.8) is 0 Å². The Morgan fingerprint density at radius 2 is 1.75 bits per heavy atom. The van der Waals surface area contributed by atoms with Crippen LogP contribution < -0.4 is 15.4 Å². The van der Waals surface area contributed by atoms with Crippen molar-refractivity contribution >= 4 is 40.0 Å². The van der Waals surface area contributed by atoms with E-state index in [-0.39, 0.29) is 29.7 Å². The predicted octanol–water partition coefficient (Wildman–Crippen LogP) is 2.34. The maximum atomic E-state index is 12.8. The summed E-state index contributed by atoms with van der Waals surface area (Å²) >= 11 is 0. The van der Waals surface area contributed by atoms with E-state index in [0.29, 0.717) is 45.4 Å². The number of hydrogen-bond donors (Lipinski definition) is 2. The van der Waals surface area contributed by atoms with Crippen LogP contribution in [-0.2, 0) is 33.6 Å². The fourth-order valence-electron chi connectivity index (χ4n) is 3.35. The molecule has 0 radical (unpaired) electrons. The second-order valence-corrected chi connectivity index (χ2v) is 9.14. The van der Waals surface area contributed by atoms with E-state index in [9.17, 15) is 8.42 Å². The number of aliphatic imine (C=N–C) groups is 1. The summed E-state index contributed by atoms with van der Waals surface area (Å²) < 4.78 is 37.7. The van der Waals surface area contributed by atoms with Gasteiger partial charge in [-0.1, -0.05) is 36.4 Å². The van der Waals surface area contributed by atoms with Gasteiger partial charge < -0.3 is 20.1 Å². The number of rotatable bonds is 8. The smallest absolute Gasteiger partial charge is 0.218 e. The van der Waals surface area contributed by atoms with Gasteiger partial charge in [0.25, 0.3) is 0 Å². The largest absolute Gasteiger partial charge is 0.497 e. The van der Waals surface area contributed by atoms with Crippen LogP contribution in [0.25, 0.3) is 0 Å². The van der Waals surface area contributed by atoms with E-state index in [0.717, 1.165) is 22.4 Å². The number of sulfonamides is 1. The van der Waals surface area contributed by atoms with E-state index >= 15 is 0 Å². The summed E-state index contributed by atoms with van der Waals surface area (Å²) in [5.41, 5.74) is 2.77. The lowest BCUT2D eigenvalue weighted by Gasteiger charge is -2.26. The molecule has 1 aliphatic rings. The molecule has 8 nitrogen and oxygen atoms in total. The van der Waals surface area contributed by atoms with E-state index in [2.05, 4.69) is 15.6 Å².